The third kappa shape index (κ3) is 5.35. The molecule has 4 amide bonds. The van der Waals surface area contributed by atoms with Crippen molar-refractivity contribution in [2.24, 2.45) is 0 Å². The molecule has 4 aromatic rings. The zero-order valence-corrected chi connectivity index (χ0v) is 30.9. The van der Waals surface area contributed by atoms with Gasteiger partial charge in [-0.15, -0.1) is 0 Å². The lowest BCUT2D eigenvalue weighted by atomic mass is 9.77. The molecule has 0 aliphatic carbocycles. The van der Waals surface area contributed by atoms with Gasteiger partial charge in [0, 0.05) is 88.0 Å². The summed E-state index contributed by atoms with van der Waals surface area (Å²) in [6, 6.07) is 0.947. The van der Waals surface area contributed by atoms with Crippen LogP contribution >= 0.6 is 31.9 Å². The maximum atomic E-state index is 12.6. The molecule has 0 radical (unpaired) electrons. The highest BCUT2D eigenvalue weighted by Gasteiger charge is 2.46. The molecule has 0 spiro atoms. The SMILES string of the molecule is CN1CC[C@@H]2CC[C@](C)(c3nc(Br)c4c(N)nccn34)CN2C1=O.CN1CC[C@H]2CC[C@@](C)(c3nc(Br)c4c(N)nccn34)CN2C1=O. The summed E-state index contributed by atoms with van der Waals surface area (Å²) < 4.78 is 5.41. The molecule has 4 aliphatic rings. The number of carbonyl (C=O) groups is 2. The third-order valence-electron chi connectivity index (χ3n) is 10.9. The first-order valence-corrected chi connectivity index (χ1v) is 18.0. The molecule has 4 fully saturated rings. The molecule has 0 saturated carbocycles. The van der Waals surface area contributed by atoms with Gasteiger partial charge in [0.1, 0.15) is 31.9 Å². The summed E-state index contributed by atoms with van der Waals surface area (Å²) in [6.07, 6.45) is 13.2. The Morgan fingerprint density at radius 3 is 1.50 bits per heavy atom. The monoisotopic (exact) mass is 784 g/mol. The highest BCUT2D eigenvalue weighted by atomic mass is 79.9. The van der Waals surface area contributed by atoms with Gasteiger partial charge in [0.15, 0.2) is 11.6 Å². The van der Waals surface area contributed by atoms with Gasteiger partial charge in [0.2, 0.25) is 0 Å². The van der Waals surface area contributed by atoms with Crippen molar-refractivity contribution >= 4 is 66.6 Å². The minimum Gasteiger partial charge on any atom is -0.382 e. The molecule has 8 rings (SSSR count). The largest absolute Gasteiger partial charge is 0.382 e. The van der Waals surface area contributed by atoms with Crippen LogP contribution in [-0.4, -0.2) is 113 Å². The Labute approximate surface area is 296 Å². The molecule has 4 aromatic heterocycles. The summed E-state index contributed by atoms with van der Waals surface area (Å²) in [4.78, 5) is 50.6. The lowest BCUT2D eigenvalue weighted by Crippen LogP contribution is -2.59. The topological polar surface area (TPSA) is 160 Å². The molecular formula is C32H42Br2N12O2. The standard InChI is InChI=1S/2C16H21BrN6O/c2*1-16(5-3-10-4-7-21(2)15(24)23(10)9-16)14-20-12(17)11-13(18)19-6-8-22(11)14/h2*6,8,10H,3-5,7,9H2,1-2H3,(H2,18,19)/t2*10-,16-/m10/s1. The molecule has 256 valence electrons. The molecule has 4 saturated heterocycles. The van der Waals surface area contributed by atoms with Crippen LogP contribution in [0.25, 0.3) is 11.0 Å². The zero-order valence-electron chi connectivity index (χ0n) is 27.7. The highest BCUT2D eigenvalue weighted by molar-refractivity contribution is 9.10. The number of piperidine rings is 2. The maximum absolute atomic E-state index is 12.6. The molecule has 48 heavy (non-hydrogen) atoms. The summed E-state index contributed by atoms with van der Waals surface area (Å²) in [5.74, 6) is 2.76. The van der Waals surface area contributed by atoms with E-state index in [-0.39, 0.29) is 22.9 Å². The van der Waals surface area contributed by atoms with E-state index in [0.29, 0.717) is 46.0 Å². The van der Waals surface area contributed by atoms with Gasteiger partial charge in [0.25, 0.3) is 0 Å². The van der Waals surface area contributed by atoms with Crippen LogP contribution in [0.15, 0.2) is 34.0 Å². The van der Waals surface area contributed by atoms with E-state index in [9.17, 15) is 9.59 Å². The van der Waals surface area contributed by atoms with E-state index in [1.54, 1.807) is 12.4 Å². The van der Waals surface area contributed by atoms with Crippen LogP contribution in [0.1, 0.15) is 64.0 Å². The van der Waals surface area contributed by atoms with Crippen LogP contribution in [0.4, 0.5) is 21.2 Å². The lowest BCUT2D eigenvalue weighted by Gasteiger charge is -2.48. The van der Waals surface area contributed by atoms with Crippen LogP contribution < -0.4 is 11.5 Å². The number of nitrogens with two attached hydrogens (primary N) is 2. The molecule has 0 aromatic carbocycles. The van der Waals surface area contributed by atoms with Gasteiger partial charge >= 0.3 is 12.1 Å². The Morgan fingerprint density at radius 1 is 0.708 bits per heavy atom. The van der Waals surface area contributed by atoms with Crippen molar-refractivity contribution in [1.82, 2.24) is 48.3 Å². The quantitative estimate of drug-likeness (QED) is 0.301. The van der Waals surface area contributed by atoms with Crippen molar-refractivity contribution in [2.45, 2.75) is 75.3 Å². The van der Waals surface area contributed by atoms with E-state index in [0.717, 1.165) is 74.3 Å². The van der Waals surface area contributed by atoms with Crippen molar-refractivity contribution < 1.29 is 9.59 Å². The average molecular weight is 787 g/mol. The molecule has 4 aliphatic heterocycles. The van der Waals surface area contributed by atoms with Crippen molar-refractivity contribution in [1.29, 1.82) is 0 Å². The molecule has 16 heteroatoms. The Balaban J connectivity index is 0.000000152. The number of fused-ring (bicyclic) bond motifs is 4. The second kappa shape index (κ2) is 12.0. The van der Waals surface area contributed by atoms with E-state index in [2.05, 4.69) is 55.7 Å². The van der Waals surface area contributed by atoms with Crippen molar-refractivity contribution in [3.8, 4) is 0 Å². The number of anilines is 2. The second-order valence-corrected chi connectivity index (χ2v) is 15.8. The molecule has 0 unspecified atom stereocenters. The first-order chi connectivity index (χ1) is 22.8. The van der Waals surface area contributed by atoms with Crippen molar-refractivity contribution in [2.75, 3.05) is 51.7 Å². The van der Waals surface area contributed by atoms with E-state index < -0.39 is 0 Å². The van der Waals surface area contributed by atoms with Crippen LogP contribution in [0, 0.1) is 0 Å². The Bertz CT molecular complexity index is 1780. The smallest absolute Gasteiger partial charge is 0.320 e. The van der Waals surface area contributed by atoms with Gasteiger partial charge < -0.3 is 31.1 Å². The van der Waals surface area contributed by atoms with Crippen molar-refractivity contribution in [3.63, 3.8) is 0 Å². The minimum atomic E-state index is -0.215. The minimum absolute atomic E-state index is 0.123. The number of nitrogens with zero attached hydrogens (tertiary/aromatic N) is 10. The van der Waals surface area contributed by atoms with Crippen LogP contribution in [-0.2, 0) is 10.8 Å². The number of urea groups is 2. The number of carbonyl (C=O) groups excluding carboxylic acids is 2. The number of nitrogen functional groups attached to an aromatic ring is 2. The number of aromatic nitrogens is 6. The first-order valence-electron chi connectivity index (χ1n) is 16.4. The van der Waals surface area contributed by atoms with E-state index in [1.165, 1.54) is 0 Å². The van der Waals surface area contributed by atoms with Crippen LogP contribution in [0.5, 0.6) is 0 Å². The highest BCUT2D eigenvalue weighted by Crippen LogP contribution is 2.41. The van der Waals surface area contributed by atoms with Gasteiger partial charge in [-0.3, -0.25) is 8.80 Å². The van der Waals surface area contributed by atoms with Crippen LogP contribution in [0.2, 0.25) is 0 Å². The fraction of sp³-hybridized carbons (Fsp3) is 0.562. The number of imidazole rings is 2. The van der Waals surface area contributed by atoms with E-state index >= 15 is 0 Å². The first kappa shape index (κ1) is 32.9. The van der Waals surface area contributed by atoms with Gasteiger partial charge in [-0.05, 0) is 70.4 Å². The third-order valence-corrected chi connectivity index (χ3v) is 12.0. The predicted molar refractivity (Wildman–Crippen MR) is 190 cm³/mol. The predicted octanol–water partition coefficient (Wildman–Crippen LogP) is 4.50. The zero-order chi connectivity index (χ0) is 34.1. The molecule has 4 N–H and O–H groups in total. The number of hydrogen-bond donors (Lipinski definition) is 2. The Kier molecular flexibility index (Phi) is 8.24. The number of halogens is 2. The van der Waals surface area contributed by atoms with Crippen molar-refractivity contribution in [3.05, 3.63) is 45.6 Å². The second-order valence-electron chi connectivity index (χ2n) is 14.3. The Hall–Kier alpha value is -3.66. The summed E-state index contributed by atoms with van der Waals surface area (Å²) in [7, 11) is 3.75. The fourth-order valence-electron chi connectivity index (χ4n) is 8.07. The normalized spacial score (nSPS) is 27.6. The summed E-state index contributed by atoms with van der Waals surface area (Å²) in [5.41, 5.74) is 13.2. The Morgan fingerprint density at radius 2 is 1.10 bits per heavy atom. The van der Waals surface area contributed by atoms with E-state index in [4.69, 9.17) is 21.4 Å². The van der Waals surface area contributed by atoms with Gasteiger partial charge in [0.05, 0.1) is 0 Å². The van der Waals surface area contributed by atoms with Crippen LogP contribution in [0.3, 0.4) is 0 Å². The van der Waals surface area contributed by atoms with E-state index in [1.807, 2.05) is 54.9 Å². The van der Waals surface area contributed by atoms with Gasteiger partial charge in [-0.2, -0.15) is 0 Å². The maximum Gasteiger partial charge on any atom is 0.320 e. The lowest BCUT2D eigenvalue weighted by molar-refractivity contribution is 0.0591. The molecule has 0 bridgehead atoms. The molecular weight excluding hydrogens is 744 g/mol. The van der Waals surface area contributed by atoms with Gasteiger partial charge in [-0.25, -0.2) is 29.5 Å². The number of hydrogen-bond acceptors (Lipinski definition) is 8. The summed E-state index contributed by atoms with van der Waals surface area (Å²) >= 11 is 7.02. The summed E-state index contributed by atoms with van der Waals surface area (Å²) in [6.45, 7) is 7.41. The molecule has 8 heterocycles. The number of rotatable bonds is 2. The average Bonchev–Trinajstić information content (AvgIpc) is 3.60. The number of amides is 4. The molecule has 4 atom stereocenters. The molecule has 14 nitrogen and oxygen atoms in total. The summed E-state index contributed by atoms with van der Waals surface area (Å²) in [5, 5.41) is 0. The fourth-order valence-corrected chi connectivity index (χ4v) is 9.20. The van der Waals surface area contributed by atoms with Gasteiger partial charge in [-0.1, -0.05) is 13.8 Å².